The van der Waals surface area contributed by atoms with Gasteiger partial charge in [0.25, 0.3) is 17.4 Å². The molecule has 0 unspecified atom stereocenters. The van der Waals surface area contributed by atoms with Crippen LogP contribution in [0.3, 0.4) is 0 Å². The van der Waals surface area contributed by atoms with Gasteiger partial charge in [-0.05, 0) is 18.6 Å². The largest absolute Gasteiger partial charge is 0.334 e. The van der Waals surface area contributed by atoms with Crippen LogP contribution in [0.1, 0.15) is 27.1 Å². The van der Waals surface area contributed by atoms with Gasteiger partial charge in [0.05, 0.1) is 17.3 Å². The van der Waals surface area contributed by atoms with E-state index in [9.17, 15) is 14.4 Å². The van der Waals surface area contributed by atoms with Crippen LogP contribution in [0.25, 0.3) is 0 Å². The number of likely N-dealkylation sites (tertiary alicyclic amines) is 2. The standard InChI is InChI=1S/C17H19N5O3/c1-19-6-3-4-13(15(19)24)16(25)21-10-17(11-21)5-7-22(17)14(23)12-8-18-20(2)9-12/h3-4,6,8-9H,5,7,10-11H2,1-2H3. The zero-order valence-corrected chi connectivity index (χ0v) is 14.2. The lowest BCUT2D eigenvalue weighted by Gasteiger charge is -2.62. The Morgan fingerprint density at radius 2 is 1.96 bits per heavy atom. The number of pyridine rings is 1. The molecule has 25 heavy (non-hydrogen) atoms. The Hall–Kier alpha value is -2.90. The lowest BCUT2D eigenvalue weighted by Crippen LogP contribution is -2.78. The zero-order chi connectivity index (χ0) is 17.8. The van der Waals surface area contributed by atoms with Crippen LogP contribution in [0.5, 0.6) is 0 Å². The Labute approximate surface area is 144 Å². The first-order chi connectivity index (χ1) is 11.9. The third-order valence-corrected chi connectivity index (χ3v) is 5.18. The smallest absolute Gasteiger partial charge is 0.263 e. The average molecular weight is 341 g/mol. The van der Waals surface area contributed by atoms with Crippen molar-refractivity contribution in [3.8, 4) is 0 Å². The maximum atomic E-state index is 12.6. The molecule has 2 aromatic heterocycles. The maximum Gasteiger partial charge on any atom is 0.263 e. The van der Waals surface area contributed by atoms with Crippen molar-refractivity contribution in [1.82, 2.24) is 24.1 Å². The molecule has 0 atom stereocenters. The molecule has 0 bridgehead atoms. The summed E-state index contributed by atoms with van der Waals surface area (Å²) >= 11 is 0. The second-order valence-corrected chi connectivity index (χ2v) is 6.83. The van der Waals surface area contributed by atoms with E-state index in [1.165, 1.54) is 4.57 Å². The van der Waals surface area contributed by atoms with Crippen LogP contribution in [0.15, 0.2) is 35.5 Å². The van der Waals surface area contributed by atoms with Gasteiger partial charge in [0.1, 0.15) is 5.56 Å². The van der Waals surface area contributed by atoms with Gasteiger partial charge < -0.3 is 14.4 Å². The van der Waals surface area contributed by atoms with Crippen molar-refractivity contribution in [2.45, 2.75) is 12.0 Å². The highest BCUT2D eigenvalue weighted by Crippen LogP contribution is 2.40. The van der Waals surface area contributed by atoms with E-state index in [0.717, 1.165) is 6.42 Å². The number of hydrogen-bond donors (Lipinski definition) is 0. The number of amides is 2. The molecule has 2 fully saturated rings. The summed E-state index contributed by atoms with van der Waals surface area (Å²) in [6.07, 6.45) is 5.75. The molecule has 0 radical (unpaired) electrons. The van der Waals surface area contributed by atoms with E-state index in [1.807, 2.05) is 4.90 Å². The van der Waals surface area contributed by atoms with Crippen LogP contribution in [-0.2, 0) is 14.1 Å². The van der Waals surface area contributed by atoms with Gasteiger partial charge in [0.15, 0.2) is 0 Å². The Morgan fingerprint density at radius 3 is 2.56 bits per heavy atom. The summed E-state index contributed by atoms with van der Waals surface area (Å²) in [4.78, 5) is 40.7. The summed E-state index contributed by atoms with van der Waals surface area (Å²) in [5.41, 5.74) is 0.140. The minimum absolute atomic E-state index is 0.0536. The van der Waals surface area contributed by atoms with Crippen molar-refractivity contribution in [3.05, 3.63) is 52.2 Å². The number of rotatable bonds is 2. The van der Waals surface area contributed by atoms with Crippen molar-refractivity contribution in [1.29, 1.82) is 0 Å². The SMILES string of the molecule is Cn1cc(C(=O)N2CCC23CN(C(=O)c2cccn(C)c2=O)C3)cn1. The minimum Gasteiger partial charge on any atom is -0.334 e. The van der Waals surface area contributed by atoms with Gasteiger partial charge in [0, 0.05) is 46.1 Å². The van der Waals surface area contributed by atoms with Gasteiger partial charge >= 0.3 is 0 Å². The topological polar surface area (TPSA) is 80.4 Å². The molecule has 4 rings (SSSR count). The minimum atomic E-state index is -0.301. The van der Waals surface area contributed by atoms with Gasteiger partial charge in [-0.15, -0.1) is 0 Å². The summed E-state index contributed by atoms with van der Waals surface area (Å²) in [6, 6.07) is 3.24. The molecule has 8 nitrogen and oxygen atoms in total. The van der Waals surface area contributed by atoms with Crippen LogP contribution >= 0.6 is 0 Å². The first-order valence-electron chi connectivity index (χ1n) is 8.17. The molecule has 0 saturated carbocycles. The fourth-order valence-electron chi connectivity index (χ4n) is 3.61. The Bertz CT molecular complexity index is 922. The van der Waals surface area contributed by atoms with Crippen molar-refractivity contribution in [3.63, 3.8) is 0 Å². The number of aromatic nitrogens is 3. The van der Waals surface area contributed by atoms with E-state index in [0.29, 0.717) is 25.2 Å². The van der Waals surface area contributed by atoms with Crippen LogP contribution in [0.4, 0.5) is 0 Å². The molecule has 2 aromatic rings. The summed E-state index contributed by atoms with van der Waals surface area (Å²) in [5, 5.41) is 4.04. The fourth-order valence-corrected chi connectivity index (χ4v) is 3.61. The van der Waals surface area contributed by atoms with E-state index in [1.54, 1.807) is 54.4 Å². The molecule has 130 valence electrons. The summed E-state index contributed by atoms with van der Waals surface area (Å²) in [7, 11) is 3.39. The highest BCUT2D eigenvalue weighted by molar-refractivity contribution is 5.97. The van der Waals surface area contributed by atoms with Crippen LogP contribution < -0.4 is 5.56 Å². The normalized spacial score (nSPS) is 18.0. The molecule has 2 saturated heterocycles. The summed E-state index contributed by atoms with van der Waals surface area (Å²) in [5.74, 6) is -0.324. The monoisotopic (exact) mass is 341 g/mol. The average Bonchev–Trinajstić information content (AvgIpc) is 2.94. The molecule has 1 spiro atoms. The van der Waals surface area contributed by atoms with E-state index in [2.05, 4.69) is 5.10 Å². The lowest BCUT2D eigenvalue weighted by molar-refractivity contribution is -0.0848. The first kappa shape index (κ1) is 15.6. The molecule has 0 aromatic carbocycles. The summed E-state index contributed by atoms with van der Waals surface area (Å²) < 4.78 is 2.99. The van der Waals surface area contributed by atoms with E-state index in [4.69, 9.17) is 0 Å². The van der Waals surface area contributed by atoms with Gasteiger partial charge in [-0.1, -0.05) is 0 Å². The third kappa shape index (κ3) is 2.28. The van der Waals surface area contributed by atoms with Crippen molar-refractivity contribution in [2.75, 3.05) is 19.6 Å². The molecule has 8 heteroatoms. The predicted molar refractivity (Wildman–Crippen MR) is 89.2 cm³/mol. The Balaban J connectivity index is 1.47. The molecular formula is C17H19N5O3. The summed E-state index contributed by atoms with van der Waals surface area (Å²) in [6.45, 7) is 1.62. The van der Waals surface area contributed by atoms with E-state index >= 15 is 0 Å². The zero-order valence-electron chi connectivity index (χ0n) is 14.2. The quantitative estimate of drug-likeness (QED) is 0.761. The highest BCUT2D eigenvalue weighted by Gasteiger charge is 2.56. The fraction of sp³-hybridized carbons (Fsp3) is 0.412. The molecule has 2 amide bonds. The third-order valence-electron chi connectivity index (χ3n) is 5.18. The van der Waals surface area contributed by atoms with Crippen LogP contribution in [0.2, 0.25) is 0 Å². The van der Waals surface area contributed by atoms with E-state index in [-0.39, 0.29) is 28.5 Å². The van der Waals surface area contributed by atoms with Crippen LogP contribution in [0, 0.1) is 0 Å². The number of carbonyl (C=O) groups is 2. The molecule has 2 aliphatic heterocycles. The Kier molecular flexibility index (Phi) is 3.31. The molecular weight excluding hydrogens is 322 g/mol. The number of carbonyl (C=O) groups excluding carboxylic acids is 2. The van der Waals surface area contributed by atoms with Crippen molar-refractivity contribution >= 4 is 11.8 Å². The Morgan fingerprint density at radius 1 is 1.20 bits per heavy atom. The van der Waals surface area contributed by atoms with Gasteiger partial charge in [0.2, 0.25) is 0 Å². The number of aryl methyl sites for hydroxylation is 2. The molecule has 0 aliphatic carbocycles. The number of nitrogens with zero attached hydrogens (tertiary/aromatic N) is 5. The van der Waals surface area contributed by atoms with Gasteiger partial charge in [-0.25, -0.2) is 0 Å². The van der Waals surface area contributed by atoms with Crippen LogP contribution in [-0.4, -0.2) is 61.1 Å². The molecule has 2 aliphatic rings. The van der Waals surface area contributed by atoms with Gasteiger partial charge in [-0.2, -0.15) is 5.10 Å². The van der Waals surface area contributed by atoms with E-state index < -0.39 is 0 Å². The second-order valence-electron chi connectivity index (χ2n) is 6.83. The lowest BCUT2D eigenvalue weighted by atomic mass is 9.76. The van der Waals surface area contributed by atoms with Crippen molar-refractivity contribution < 1.29 is 9.59 Å². The molecule has 4 heterocycles. The molecule has 0 N–H and O–H groups in total. The highest BCUT2D eigenvalue weighted by atomic mass is 16.2. The number of hydrogen-bond acceptors (Lipinski definition) is 4. The van der Waals surface area contributed by atoms with Crippen molar-refractivity contribution in [2.24, 2.45) is 14.1 Å². The second kappa shape index (κ2) is 5.30. The predicted octanol–water partition coefficient (Wildman–Crippen LogP) is -0.141. The van der Waals surface area contributed by atoms with Gasteiger partial charge in [-0.3, -0.25) is 19.1 Å². The maximum absolute atomic E-state index is 12.6. The first-order valence-corrected chi connectivity index (χ1v) is 8.17.